The number of hydrogen-bond donors (Lipinski definition) is 1. The number of aromatic nitrogens is 2. The summed E-state index contributed by atoms with van der Waals surface area (Å²) in [5, 5.41) is 13.3. The highest BCUT2D eigenvalue weighted by Crippen LogP contribution is 2.47. The predicted octanol–water partition coefficient (Wildman–Crippen LogP) is 4.51. The van der Waals surface area contributed by atoms with E-state index in [1.165, 1.54) is 0 Å². The van der Waals surface area contributed by atoms with Gasteiger partial charge in [-0.2, -0.15) is 0 Å². The highest BCUT2D eigenvalue weighted by molar-refractivity contribution is 6.29. The fourth-order valence-electron chi connectivity index (χ4n) is 3.21. The summed E-state index contributed by atoms with van der Waals surface area (Å²) in [5.74, 6) is 0. The van der Waals surface area contributed by atoms with Crippen molar-refractivity contribution >= 4 is 22.5 Å². The second-order valence-electron chi connectivity index (χ2n) is 7.00. The Balaban J connectivity index is 2.34. The number of halogens is 1. The van der Waals surface area contributed by atoms with Gasteiger partial charge in [-0.15, -0.1) is 0 Å². The van der Waals surface area contributed by atoms with Crippen molar-refractivity contribution in [3.63, 3.8) is 0 Å². The zero-order chi connectivity index (χ0) is 16.8. The molecule has 0 saturated heterocycles. The molecular formula is C19H21ClN2O. The summed E-state index contributed by atoms with van der Waals surface area (Å²) in [6.07, 6.45) is 3.67. The van der Waals surface area contributed by atoms with Crippen LogP contribution in [-0.4, -0.2) is 14.7 Å². The van der Waals surface area contributed by atoms with Crippen molar-refractivity contribution in [1.82, 2.24) is 9.55 Å². The molecule has 3 aromatic rings. The monoisotopic (exact) mass is 328 g/mol. The van der Waals surface area contributed by atoms with Crippen molar-refractivity contribution in [1.29, 1.82) is 0 Å². The Morgan fingerprint density at radius 2 is 1.78 bits per heavy atom. The molecule has 23 heavy (non-hydrogen) atoms. The summed E-state index contributed by atoms with van der Waals surface area (Å²) in [4.78, 5) is 4.17. The third-order valence-electron chi connectivity index (χ3n) is 4.52. The first-order chi connectivity index (χ1) is 10.7. The molecular weight excluding hydrogens is 308 g/mol. The predicted molar refractivity (Wildman–Crippen MR) is 94.6 cm³/mol. The molecule has 0 aliphatic heterocycles. The SMILES string of the molecule is Cn1cc(C(O)(c2ccc(Cl)nc2)C(C)(C)C)c2ccccc21. The molecule has 1 atom stereocenters. The van der Waals surface area contributed by atoms with E-state index < -0.39 is 11.0 Å². The summed E-state index contributed by atoms with van der Waals surface area (Å²) in [5.41, 5.74) is 1.11. The Labute approximate surface area is 141 Å². The highest BCUT2D eigenvalue weighted by atomic mass is 35.5. The van der Waals surface area contributed by atoms with Crippen molar-refractivity contribution in [2.24, 2.45) is 12.5 Å². The van der Waals surface area contributed by atoms with E-state index >= 15 is 0 Å². The molecule has 3 nitrogen and oxygen atoms in total. The van der Waals surface area contributed by atoms with E-state index in [1.807, 2.05) is 62.8 Å². The molecule has 2 aromatic heterocycles. The fraction of sp³-hybridized carbons (Fsp3) is 0.316. The van der Waals surface area contributed by atoms with Crippen molar-refractivity contribution in [2.75, 3.05) is 0 Å². The number of hydrogen-bond acceptors (Lipinski definition) is 2. The van der Waals surface area contributed by atoms with E-state index in [4.69, 9.17) is 11.6 Å². The maximum atomic E-state index is 11.8. The maximum absolute atomic E-state index is 11.8. The topological polar surface area (TPSA) is 38.0 Å². The van der Waals surface area contributed by atoms with Crippen LogP contribution in [0.3, 0.4) is 0 Å². The van der Waals surface area contributed by atoms with Crippen LogP contribution in [0.25, 0.3) is 10.9 Å². The highest BCUT2D eigenvalue weighted by Gasteiger charge is 2.45. The number of rotatable bonds is 2. The second-order valence-corrected chi connectivity index (χ2v) is 7.39. The van der Waals surface area contributed by atoms with Crippen LogP contribution in [0.2, 0.25) is 5.15 Å². The molecule has 0 amide bonds. The lowest BCUT2D eigenvalue weighted by molar-refractivity contribution is -0.0250. The molecule has 0 saturated carbocycles. The van der Waals surface area contributed by atoms with Gasteiger partial charge in [-0.25, -0.2) is 4.98 Å². The van der Waals surface area contributed by atoms with Crippen molar-refractivity contribution < 1.29 is 5.11 Å². The first-order valence-corrected chi connectivity index (χ1v) is 8.02. The normalized spacial score (nSPS) is 14.9. The number of aliphatic hydroxyl groups is 1. The van der Waals surface area contributed by atoms with E-state index in [0.29, 0.717) is 5.15 Å². The van der Waals surface area contributed by atoms with Gasteiger partial charge in [0.2, 0.25) is 0 Å². The van der Waals surface area contributed by atoms with Gasteiger partial charge >= 0.3 is 0 Å². The van der Waals surface area contributed by atoms with Gasteiger partial charge in [-0.3, -0.25) is 0 Å². The molecule has 4 heteroatoms. The van der Waals surface area contributed by atoms with Gasteiger partial charge in [0, 0.05) is 41.5 Å². The summed E-state index contributed by atoms with van der Waals surface area (Å²) < 4.78 is 2.05. The van der Waals surface area contributed by atoms with Gasteiger partial charge in [0.25, 0.3) is 0 Å². The minimum absolute atomic E-state index is 0.419. The molecule has 120 valence electrons. The van der Waals surface area contributed by atoms with Crippen LogP contribution in [0.15, 0.2) is 48.8 Å². The Hall–Kier alpha value is -1.84. The molecule has 1 unspecified atom stereocenters. The summed E-state index contributed by atoms with van der Waals surface area (Å²) in [6, 6.07) is 11.7. The summed E-state index contributed by atoms with van der Waals surface area (Å²) in [6.45, 7) is 6.09. The smallest absolute Gasteiger partial charge is 0.129 e. The Morgan fingerprint density at radius 3 is 2.39 bits per heavy atom. The Bertz CT molecular complexity index is 846. The molecule has 2 heterocycles. The maximum Gasteiger partial charge on any atom is 0.129 e. The van der Waals surface area contributed by atoms with Crippen LogP contribution in [0.4, 0.5) is 0 Å². The third kappa shape index (κ3) is 2.44. The van der Waals surface area contributed by atoms with Crippen molar-refractivity contribution in [2.45, 2.75) is 26.4 Å². The molecule has 3 rings (SSSR count). The lowest BCUT2D eigenvalue weighted by atomic mass is 9.68. The van der Waals surface area contributed by atoms with Gasteiger partial charge in [0.1, 0.15) is 10.8 Å². The number of benzene rings is 1. The second kappa shape index (κ2) is 5.36. The minimum Gasteiger partial charge on any atom is -0.380 e. The Morgan fingerprint density at radius 1 is 1.09 bits per heavy atom. The lowest BCUT2D eigenvalue weighted by Gasteiger charge is -2.40. The quantitative estimate of drug-likeness (QED) is 0.703. The molecule has 0 spiro atoms. The van der Waals surface area contributed by atoms with E-state index in [0.717, 1.165) is 22.0 Å². The molecule has 0 aliphatic rings. The largest absolute Gasteiger partial charge is 0.380 e. The molecule has 1 aromatic carbocycles. The van der Waals surface area contributed by atoms with Crippen molar-refractivity contribution in [3.8, 4) is 0 Å². The Kier molecular flexibility index (Phi) is 3.74. The van der Waals surface area contributed by atoms with Gasteiger partial charge in [-0.05, 0) is 17.5 Å². The first kappa shape index (κ1) is 16.0. The molecule has 0 radical (unpaired) electrons. The van der Waals surface area contributed by atoms with Crippen LogP contribution >= 0.6 is 11.6 Å². The fourth-order valence-corrected chi connectivity index (χ4v) is 3.32. The average molecular weight is 329 g/mol. The number of pyridine rings is 1. The number of para-hydroxylation sites is 1. The van der Waals surface area contributed by atoms with Crippen LogP contribution in [0.1, 0.15) is 31.9 Å². The minimum atomic E-state index is -1.18. The molecule has 0 aliphatic carbocycles. The van der Waals surface area contributed by atoms with Gasteiger partial charge in [-0.1, -0.05) is 56.6 Å². The standard InChI is InChI=1S/C19H21ClN2O/c1-18(2,3)19(23,13-9-10-17(20)21-11-13)15-12-22(4)16-8-6-5-7-14(15)16/h5-12,23H,1-4H3. The van der Waals surface area contributed by atoms with Crippen LogP contribution < -0.4 is 0 Å². The third-order valence-corrected chi connectivity index (χ3v) is 4.74. The zero-order valence-electron chi connectivity index (χ0n) is 13.8. The van der Waals surface area contributed by atoms with E-state index in [9.17, 15) is 5.11 Å². The number of fused-ring (bicyclic) bond motifs is 1. The summed E-state index contributed by atoms with van der Waals surface area (Å²) in [7, 11) is 2.00. The van der Waals surface area contributed by atoms with Gasteiger partial charge in [0.15, 0.2) is 0 Å². The number of aryl methyl sites for hydroxylation is 1. The van der Waals surface area contributed by atoms with Gasteiger partial charge < -0.3 is 9.67 Å². The van der Waals surface area contributed by atoms with Crippen molar-refractivity contribution in [3.05, 3.63) is 65.1 Å². The van der Waals surface area contributed by atoms with E-state index in [-0.39, 0.29) is 0 Å². The zero-order valence-corrected chi connectivity index (χ0v) is 14.6. The molecule has 0 fully saturated rings. The van der Waals surface area contributed by atoms with Crippen LogP contribution in [0.5, 0.6) is 0 Å². The van der Waals surface area contributed by atoms with E-state index in [1.54, 1.807) is 12.3 Å². The number of nitrogens with zero attached hydrogens (tertiary/aromatic N) is 2. The first-order valence-electron chi connectivity index (χ1n) is 7.64. The van der Waals surface area contributed by atoms with Crippen LogP contribution in [-0.2, 0) is 12.6 Å². The van der Waals surface area contributed by atoms with Crippen LogP contribution in [0, 0.1) is 5.41 Å². The van der Waals surface area contributed by atoms with Gasteiger partial charge in [0.05, 0.1) is 0 Å². The summed E-state index contributed by atoms with van der Waals surface area (Å²) >= 11 is 5.92. The molecule has 1 N–H and O–H groups in total. The van der Waals surface area contributed by atoms with E-state index in [2.05, 4.69) is 11.1 Å². The lowest BCUT2D eigenvalue weighted by Crippen LogP contribution is -2.41. The molecule has 0 bridgehead atoms. The average Bonchev–Trinajstić information content (AvgIpc) is 2.84.